The zero-order valence-corrected chi connectivity index (χ0v) is 12.3. The second kappa shape index (κ2) is 6.72. The van der Waals surface area contributed by atoms with Gasteiger partial charge in [0, 0.05) is 37.8 Å². The molecule has 20 heavy (non-hydrogen) atoms. The zero-order valence-electron chi connectivity index (χ0n) is 12.3. The lowest BCUT2D eigenvalue weighted by molar-refractivity contribution is 0.0883. The Kier molecular flexibility index (Phi) is 4.98. The largest absolute Gasteiger partial charge is 0.409 e. The fourth-order valence-corrected chi connectivity index (χ4v) is 2.80. The Bertz CT molecular complexity index is 475. The molecule has 1 fully saturated rings. The average molecular weight is 276 g/mol. The first-order valence-corrected chi connectivity index (χ1v) is 7.14. The molecule has 1 aliphatic heterocycles. The number of amidine groups is 1. The molecule has 0 saturated carbocycles. The first-order chi connectivity index (χ1) is 9.65. The van der Waals surface area contributed by atoms with Gasteiger partial charge in [-0.1, -0.05) is 36.3 Å². The summed E-state index contributed by atoms with van der Waals surface area (Å²) in [4.78, 5) is 4.86. The van der Waals surface area contributed by atoms with Gasteiger partial charge >= 0.3 is 0 Å². The maximum atomic E-state index is 8.88. The van der Waals surface area contributed by atoms with E-state index in [2.05, 4.69) is 28.9 Å². The number of nitrogens with zero attached hydrogens (tertiary/aromatic N) is 3. The first kappa shape index (κ1) is 14.8. The summed E-state index contributed by atoms with van der Waals surface area (Å²) in [6.45, 7) is 6.28. The predicted molar refractivity (Wildman–Crippen MR) is 80.9 cm³/mol. The van der Waals surface area contributed by atoms with Crippen LogP contribution in [-0.2, 0) is 6.54 Å². The van der Waals surface area contributed by atoms with Gasteiger partial charge in [-0.2, -0.15) is 0 Å². The van der Waals surface area contributed by atoms with Crippen LogP contribution in [0.25, 0.3) is 0 Å². The Labute approximate surface area is 120 Å². The molecule has 110 valence electrons. The highest BCUT2D eigenvalue weighted by atomic mass is 16.4. The number of likely N-dealkylation sites (N-methyl/N-ethyl adjacent to an activating group) is 1. The number of hydrogen-bond donors (Lipinski definition) is 2. The molecular weight excluding hydrogens is 252 g/mol. The van der Waals surface area contributed by atoms with E-state index in [1.165, 1.54) is 0 Å². The van der Waals surface area contributed by atoms with E-state index in [0.29, 0.717) is 6.04 Å². The van der Waals surface area contributed by atoms with Crippen molar-refractivity contribution in [3.8, 4) is 0 Å². The summed E-state index contributed by atoms with van der Waals surface area (Å²) in [5.41, 5.74) is 7.68. The Morgan fingerprint density at radius 1 is 1.40 bits per heavy atom. The molecule has 1 aromatic carbocycles. The number of oxime groups is 1. The maximum Gasteiger partial charge on any atom is 0.170 e. The minimum atomic E-state index is 0.182. The number of hydrogen-bond acceptors (Lipinski definition) is 4. The van der Waals surface area contributed by atoms with Gasteiger partial charge in [-0.05, 0) is 19.0 Å². The van der Waals surface area contributed by atoms with Crippen LogP contribution in [0.2, 0.25) is 0 Å². The molecule has 1 unspecified atom stereocenters. The molecule has 5 nitrogen and oxygen atoms in total. The molecule has 1 atom stereocenters. The van der Waals surface area contributed by atoms with E-state index in [1.807, 2.05) is 24.3 Å². The number of piperazine rings is 1. The van der Waals surface area contributed by atoms with Crippen LogP contribution in [0.5, 0.6) is 0 Å². The van der Waals surface area contributed by atoms with Gasteiger partial charge in [-0.3, -0.25) is 4.90 Å². The highest BCUT2D eigenvalue weighted by Gasteiger charge is 2.23. The summed E-state index contributed by atoms with van der Waals surface area (Å²) >= 11 is 0. The molecular formula is C15H24N4O. The predicted octanol–water partition coefficient (Wildman–Crippen LogP) is 1.31. The van der Waals surface area contributed by atoms with Crippen LogP contribution in [0.1, 0.15) is 24.5 Å². The van der Waals surface area contributed by atoms with E-state index < -0.39 is 0 Å². The van der Waals surface area contributed by atoms with Crippen molar-refractivity contribution in [2.75, 3.05) is 26.7 Å². The summed E-state index contributed by atoms with van der Waals surface area (Å²) in [6.07, 6.45) is 1.16. The molecule has 1 saturated heterocycles. The lowest BCUT2D eigenvalue weighted by Gasteiger charge is -2.39. The number of rotatable bonds is 4. The molecule has 0 radical (unpaired) electrons. The number of benzene rings is 1. The average Bonchev–Trinajstić information content (AvgIpc) is 2.49. The van der Waals surface area contributed by atoms with Gasteiger partial charge in [0.25, 0.3) is 0 Å². The van der Waals surface area contributed by atoms with Gasteiger partial charge in [-0.25, -0.2) is 0 Å². The summed E-state index contributed by atoms with van der Waals surface area (Å²) in [6, 6.07) is 8.47. The fraction of sp³-hybridized carbons (Fsp3) is 0.533. The molecule has 0 spiro atoms. The Hall–Kier alpha value is -1.59. The Morgan fingerprint density at radius 3 is 2.85 bits per heavy atom. The molecule has 5 heteroatoms. The minimum Gasteiger partial charge on any atom is -0.409 e. The molecule has 1 heterocycles. The van der Waals surface area contributed by atoms with Crippen molar-refractivity contribution in [2.45, 2.75) is 25.9 Å². The van der Waals surface area contributed by atoms with Gasteiger partial charge in [0.2, 0.25) is 0 Å². The van der Waals surface area contributed by atoms with Crippen molar-refractivity contribution < 1.29 is 5.21 Å². The zero-order chi connectivity index (χ0) is 14.5. The molecule has 2 rings (SSSR count). The van der Waals surface area contributed by atoms with E-state index >= 15 is 0 Å². The third kappa shape index (κ3) is 3.29. The van der Waals surface area contributed by atoms with E-state index in [0.717, 1.165) is 43.7 Å². The van der Waals surface area contributed by atoms with Crippen molar-refractivity contribution in [1.82, 2.24) is 9.80 Å². The topological polar surface area (TPSA) is 65.1 Å². The third-order valence-corrected chi connectivity index (χ3v) is 4.13. The van der Waals surface area contributed by atoms with Crippen LogP contribution >= 0.6 is 0 Å². The van der Waals surface area contributed by atoms with Crippen LogP contribution in [0.3, 0.4) is 0 Å². The van der Waals surface area contributed by atoms with Crippen molar-refractivity contribution in [3.05, 3.63) is 35.4 Å². The summed E-state index contributed by atoms with van der Waals surface area (Å²) in [5.74, 6) is 0.182. The van der Waals surface area contributed by atoms with Crippen molar-refractivity contribution in [3.63, 3.8) is 0 Å². The monoisotopic (exact) mass is 276 g/mol. The van der Waals surface area contributed by atoms with Crippen LogP contribution < -0.4 is 5.73 Å². The maximum absolute atomic E-state index is 8.88. The minimum absolute atomic E-state index is 0.182. The summed E-state index contributed by atoms with van der Waals surface area (Å²) < 4.78 is 0. The molecule has 0 amide bonds. The quantitative estimate of drug-likeness (QED) is 0.377. The van der Waals surface area contributed by atoms with E-state index in [1.54, 1.807) is 0 Å². The lowest BCUT2D eigenvalue weighted by atomic mass is 10.0. The van der Waals surface area contributed by atoms with Crippen LogP contribution in [0, 0.1) is 0 Å². The van der Waals surface area contributed by atoms with Gasteiger partial charge in [-0.15, -0.1) is 0 Å². The number of nitrogens with two attached hydrogens (primary N) is 1. The third-order valence-electron chi connectivity index (χ3n) is 4.13. The molecule has 3 N–H and O–H groups in total. The van der Waals surface area contributed by atoms with Crippen molar-refractivity contribution in [1.29, 1.82) is 0 Å². The Balaban J connectivity index is 2.11. The van der Waals surface area contributed by atoms with E-state index in [-0.39, 0.29) is 5.84 Å². The van der Waals surface area contributed by atoms with E-state index in [4.69, 9.17) is 10.9 Å². The smallest absolute Gasteiger partial charge is 0.170 e. The lowest BCUT2D eigenvalue weighted by Crippen LogP contribution is -2.50. The molecule has 1 aliphatic rings. The van der Waals surface area contributed by atoms with E-state index in [9.17, 15) is 0 Å². The van der Waals surface area contributed by atoms with Crippen molar-refractivity contribution >= 4 is 5.84 Å². The van der Waals surface area contributed by atoms with Crippen LogP contribution in [-0.4, -0.2) is 53.6 Å². The summed E-state index contributed by atoms with van der Waals surface area (Å²) in [7, 11) is 2.19. The standard InChI is InChI=1S/C15H24N4O/c1-3-13-11-19(9-8-18(13)2)10-12-6-4-5-7-14(12)15(16)17-20/h4-7,13,20H,3,8-11H2,1-2H3,(H2,16,17). The summed E-state index contributed by atoms with van der Waals surface area (Å²) in [5, 5.41) is 12.0. The molecule has 0 aromatic heterocycles. The normalized spacial score (nSPS) is 22.1. The molecule has 0 bridgehead atoms. The second-order valence-corrected chi connectivity index (χ2v) is 5.42. The molecule has 0 aliphatic carbocycles. The molecule has 1 aromatic rings. The highest BCUT2D eigenvalue weighted by Crippen LogP contribution is 2.16. The Morgan fingerprint density at radius 2 is 2.15 bits per heavy atom. The van der Waals surface area contributed by atoms with Crippen LogP contribution in [0.4, 0.5) is 0 Å². The SMILES string of the molecule is CCC1CN(Cc2ccccc2C(N)=NO)CCN1C. The van der Waals surface area contributed by atoms with Crippen molar-refractivity contribution in [2.24, 2.45) is 10.9 Å². The van der Waals surface area contributed by atoms with Crippen LogP contribution in [0.15, 0.2) is 29.4 Å². The van der Waals surface area contributed by atoms with Gasteiger partial charge in [0.15, 0.2) is 5.84 Å². The second-order valence-electron chi connectivity index (χ2n) is 5.42. The fourth-order valence-electron chi connectivity index (χ4n) is 2.80. The highest BCUT2D eigenvalue weighted by molar-refractivity contribution is 5.98. The van der Waals surface area contributed by atoms with Gasteiger partial charge < -0.3 is 15.8 Å². The van der Waals surface area contributed by atoms with Gasteiger partial charge in [0.05, 0.1) is 0 Å². The first-order valence-electron chi connectivity index (χ1n) is 7.14. The van der Waals surface area contributed by atoms with Gasteiger partial charge in [0.1, 0.15) is 0 Å².